The fourth-order valence-electron chi connectivity index (χ4n) is 2.15. The molecule has 0 unspecified atom stereocenters. The molecule has 0 heterocycles. The van der Waals surface area contributed by atoms with E-state index in [2.05, 4.69) is 0 Å². The van der Waals surface area contributed by atoms with Gasteiger partial charge in [0.15, 0.2) is 5.78 Å². The van der Waals surface area contributed by atoms with Gasteiger partial charge < -0.3 is 4.74 Å². The van der Waals surface area contributed by atoms with Crippen LogP contribution >= 0.6 is 0 Å². The van der Waals surface area contributed by atoms with Crippen molar-refractivity contribution in [3.63, 3.8) is 0 Å². The van der Waals surface area contributed by atoms with Crippen molar-refractivity contribution in [2.75, 3.05) is 7.11 Å². The van der Waals surface area contributed by atoms with Gasteiger partial charge in [0.2, 0.25) is 0 Å². The normalized spacial score (nSPS) is 11.6. The van der Waals surface area contributed by atoms with Crippen LogP contribution in [-0.4, -0.2) is 12.9 Å². The van der Waals surface area contributed by atoms with Gasteiger partial charge in [-0.05, 0) is 41.8 Å². The first kappa shape index (κ1) is 18.0. The van der Waals surface area contributed by atoms with Gasteiger partial charge in [0.05, 0.1) is 12.7 Å². The number of nitrogens with zero attached hydrogens (tertiary/aromatic N) is 1. The lowest BCUT2D eigenvalue weighted by Crippen LogP contribution is -1.96. The molecule has 0 radical (unpaired) electrons. The van der Waals surface area contributed by atoms with Crippen LogP contribution in [0.15, 0.2) is 84.5 Å². The molecular weight excluding hydrogens is 310 g/mol. The number of benzene rings is 2. The van der Waals surface area contributed by atoms with Crippen LogP contribution in [0.3, 0.4) is 0 Å². The highest BCUT2D eigenvalue weighted by Gasteiger charge is 2.03. The standard InChI is InChI=1S/C22H19NO2/c1-25-21-15-13-19(14-16-21)10-6-12-22(24)20(17-23)11-5-9-18-7-3-2-4-8-18/h2-9,11-16H,10H2,1H3/b9-5+,12-6+,20-11-. The molecule has 0 saturated carbocycles. The Hall–Kier alpha value is -3.38. The van der Waals surface area contributed by atoms with E-state index in [1.54, 1.807) is 19.3 Å². The molecule has 0 saturated heterocycles. The second-order valence-electron chi connectivity index (χ2n) is 5.28. The van der Waals surface area contributed by atoms with Crippen LogP contribution in [0.1, 0.15) is 11.1 Å². The molecule has 0 aromatic heterocycles. The third-order valence-corrected chi connectivity index (χ3v) is 3.52. The van der Waals surface area contributed by atoms with Gasteiger partial charge >= 0.3 is 0 Å². The lowest BCUT2D eigenvalue weighted by atomic mass is 10.1. The van der Waals surface area contributed by atoms with E-state index in [1.807, 2.05) is 66.7 Å². The first-order valence-electron chi connectivity index (χ1n) is 7.90. The number of methoxy groups -OCH3 is 1. The minimum Gasteiger partial charge on any atom is -0.497 e. The molecule has 0 fully saturated rings. The topological polar surface area (TPSA) is 50.1 Å². The molecule has 3 nitrogen and oxygen atoms in total. The van der Waals surface area contributed by atoms with Gasteiger partial charge in [0.1, 0.15) is 11.8 Å². The maximum absolute atomic E-state index is 12.1. The summed E-state index contributed by atoms with van der Waals surface area (Å²) in [6, 6.07) is 19.3. The van der Waals surface area contributed by atoms with Gasteiger partial charge in [0, 0.05) is 0 Å². The third kappa shape index (κ3) is 5.96. The number of ketones is 1. The number of allylic oxidation sites excluding steroid dienone is 5. The van der Waals surface area contributed by atoms with Gasteiger partial charge in [0.25, 0.3) is 0 Å². The van der Waals surface area contributed by atoms with Crippen LogP contribution < -0.4 is 4.74 Å². The highest BCUT2D eigenvalue weighted by Crippen LogP contribution is 2.12. The Morgan fingerprint density at radius 2 is 1.84 bits per heavy atom. The molecule has 2 aromatic carbocycles. The molecule has 0 spiro atoms. The summed E-state index contributed by atoms with van der Waals surface area (Å²) in [7, 11) is 1.62. The maximum Gasteiger partial charge on any atom is 0.196 e. The Morgan fingerprint density at radius 3 is 2.48 bits per heavy atom. The van der Waals surface area contributed by atoms with Crippen molar-refractivity contribution in [3.05, 3.63) is 95.6 Å². The number of nitriles is 1. The average Bonchev–Trinajstić information content (AvgIpc) is 2.66. The minimum atomic E-state index is -0.297. The molecule has 3 heteroatoms. The summed E-state index contributed by atoms with van der Waals surface area (Å²) in [4.78, 5) is 12.1. The first-order valence-corrected chi connectivity index (χ1v) is 7.90. The van der Waals surface area contributed by atoms with E-state index < -0.39 is 0 Å². The molecule has 2 rings (SSSR count). The van der Waals surface area contributed by atoms with Gasteiger partial charge in [-0.1, -0.05) is 60.7 Å². The Morgan fingerprint density at radius 1 is 1.12 bits per heavy atom. The number of ether oxygens (including phenoxy) is 1. The Balaban J connectivity index is 1.95. The van der Waals surface area contributed by atoms with Crippen molar-refractivity contribution in [1.29, 1.82) is 5.26 Å². The minimum absolute atomic E-state index is 0.109. The summed E-state index contributed by atoms with van der Waals surface area (Å²) in [6.45, 7) is 0. The van der Waals surface area contributed by atoms with Crippen molar-refractivity contribution < 1.29 is 9.53 Å². The van der Waals surface area contributed by atoms with E-state index in [9.17, 15) is 4.79 Å². The van der Waals surface area contributed by atoms with Crippen molar-refractivity contribution >= 4 is 11.9 Å². The predicted molar refractivity (Wildman–Crippen MR) is 100 cm³/mol. The summed E-state index contributed by atoms with van der Waals surface area (Å²) in [5.74, 6) is 0.498. The molecular formula is C22H19NO2. The van der Waals surface area contributed by atoms with Crippen molar-refractivity contribution in [2.24, 2.45) is 0 Å². The number of hydrogen-bond acceptors (Lipinski definition) is 3. The van der Waals surface area contributed by atoms with Crippen molar-refractivity contribution in [3.8, 4) is 11.8 Å². The quantitative estimate of drug-likeness (QED) is 0.426. The van der Waals surface area contributed by atoms with E-state index in [1.165, 1.54) is 12.2 Å². The van der Waals surface area contributed by atoms with E-state index in [4.69, 9.17) is 10.00 Å². The van der Waals surface area contributed by atoms with Gasteiger partial charge in [-0.3, -0.25) is 4.79 Å². The second kappa shape index (κ2) is 9.69. The SMILES string of the molecule is COc1ccc(C/C=C/C(=O)/C(C#N)=C\C=C\c2ccccc2)cc1. The van der Waals surface area contributed by atoms with Crippen LogP contribution in [0.5, 0.6) is 5.75 Å². The largest absolute Gasteiger partial charge is 0.497 e. The molecule has 2 aromatic rings. The molecule has 0 aliphatic rings. The summed E-state index contributed by atoms with van der Waals surface area (Å²) < 4.78 is 5.11. The van der Waals surface area contributed by atoms with Crippen molar-refractivity contribution in [2.45, 2.75) is 6.42 Å². The molecule has 0 aliphatic carbocycles. The van der Waals surface area contributed by atoms with Crippen LogP contribution in [0, 0.1) is 11.3 Å². The fourth-order valence-corrected chi connectivity index (χ4v) is 2.15. The van der Waals surface area contributed by atoms with E-state index in [0.717, 1.165) is 16.9 Å². The van der Waals surface area contributed by atoms with Crippen molar-refractivity contribution in [1.82, 2.24) is 0 Å². The zero-order valence-electron chi connectivity index (χ0n) is 14.1. The number of carbonyl (C=O) groups is 1. The summed E-state index contributed by atoms with van der Waals surface area (Å²) >= 11 is 0. The zero-order chi connectivity index (χ0) is 17.9. The molecule has 0 aliphatic heterocycles. The molecule has 0 amide bonds. The number of carbonyl (C=O) groups excluding carboxylic acids is 1. The van der Waals surface area contributed by atoms with Crippen LogP contribution in [0.2, 0.25) is 0 Å². The van der Waals surface area contributed by atoms with Gasteiger partial charge in [-0.2, -0.15) is 5.26 Å². The van der Waals surface area contributed by atoms with E-state index in [0.29, 0.717) is 6.42 Å². The summed E-state index contributed by atoms with van der Waals surface area (Å²) in [5, 5.41) is 9.15. The Kier molecular flexibility index (Phi) is 6.96. The van der Waals surface area contributed by atoms with E-state index >= 15 is 0 Å². The van der Waals surface area contributed by atoms with E-state index in [-0.39, 0.29) is 11.4 Å². The lowest BCUT2D eigenvalue weighted by molar-refractivity contribution is -0.111. The highest BCUT2D eigenvalue weighted by atomic mass is 16.5. The summed E-state index contributed by atoms with van der Waals surface area (Å²) in [6.07, 6.45) is 8.92. The second-order valence-corrected chi connectivity index (χ2v) is 5.28. The molecule has 0 N–H and O–H groups in total. The first-order chi connectivity index (χ1) is 12.2. The maximum atomic E-state index is 12.1. The van der Waals surface area contributed by atoms with Crippen LogP contribution in [0.4, 0.5) is 0 Å². The Bertz CT molecular complexity index is 823. The molecule has 0 bridgehead atoms. The monoisotopic (exact) mass is 329 g/mol. The van der Waals surface area contributed by atoms with Gasteiger partial charge in [-0.25, -0.2) is 0 Å². The molecule has 25 heavy (non-hydrogen) atoms. The smallest absolute Gasteiger partial charge is 0.196 e. The third-order valence-electron chi connectivity index (χ3n) is 3.52. The zero-order valence-corrected chi connectivity index (χ0v) is 14.1. The predicted octanol–water partition coefficient (Wildman–Crippen LogP) is 4.53. The number of hydrogen-bond donors (Lipinski definition) is 0. The number of rotatable bonds is 7. The summed E-state index contributed by atoms with van der Waals surface area (Å²) in [5.41, 5.74) is 2.19. The van der Waals surface area contributed by atoms with Gasteiger partial charge in [-0.15, -0.1) is 0 Å². The average molecular weight is 329 g/mol. The van der Waals surface area contributed by atoms with Crippen LogP contribution in [0.25, 0.3) is 6.08 Å². The highest BCUT2D eigenvalue weighted by molar-refractivity contribution is 6.07. The molecule has 124 valence electrons. The fraction of sp³-hybridized carbons (Fsp3) is 0.0909. The lowest BCUT2D eigenvalue weighted by Gasteiger charge is -2.00. The van der Waals surface area contributed by atoms with Crippen LogP contribution in [-0.2, 0) is 11.2 Å². The Labute approximate surface area is 148 Å². The molecule has 0 atom stereocenters.